The highest BCUT2D eigenvalue weighted by atomic mass is 19.4. The second-order valence-electron chi connectivity index (χ2n) is 3.27. The summed E-state index contributed by atoms with van der Waals surface area (Å²) in [7, 11) is 0.721. The third kappa shape index (κ3) is 3.84. The Morgan fingerprint density at radius 3 is 2.00 bits per heavy atom. The van der Waals surface area contributed by atoms with Gasteiger partial charge in [-0.15, -0.1) is 13.2 Å². The Kier molecular flexibility index (Phi) is 4.30. The molecule has 0 saturated carbocycles. The van der Waals surface area contributed by atoms with E-state index >= 15 is 0 Å². The number of hydrogen-bond acceptors (Lipinski definition) is 3. The van der Waals surface area contributed by atoms with Crippen LogP contribution in [-0.4, -0.2) is 18.5 Å². The van der Waals surface area contributed by atoms with E-state index in [0.29, 0.717) is 0 Å². The van der Waals surface area contributed by atoms with Gasteiger partial charge in [0.15, 0.2) is 5.69 Å². The molecule has 1 heterocycles. The van der Waals surface area contributed by atoms with Gasteiger partial charge >= 0.3 is 12.5 Å². The molecule has 0 spiro atoms. The van der Waals surface area contributed by atoms with Gasteiger partial charge in [-0.1, -0.05) is 0 Å². The molecule has 1 aromatic heterocycles. The fraction of sp³-hybridized carbons (Fsp3) is 0.444. The maximum atomic E-state index is 12.6. The van der Waals surface area contributed by atoms with Crippen LogP contribution in [-0.2, 0) is 6.18 Å². The average molecular weight is 311 g/mol. The van der Waals surface area contributed by atoms with Crippen molar-refractivity contribution in [2.75, 3.05) is 7.11 Å². The largest absolute Gasteiger partial charge is 0.574 e. The molecule has 114 valence electrons. The second kappa shape index (κ2) is 5.29. The third-order valence-electron chi connectivity index (χ3n) is 1.92. The summed E-state index contributed by atoms with van der Waals surface area (Å²) in [5.74, 6) is -2.66. The van der Waals surface area contributed by atoms with Crippen molar-refractivity contribution in [2.45, 2.75) is 19.0 Å². The van der Waals surface area contributed by atoms with Crippen LogP contribution < -0.4 is 9.47 Å². The van der Waals surface area contributed by atoms with Crippen molar-refractivity contribution in [3.05, 3.63) is 17.3 Å². The number of hydrogen-bond donors (Lipinski definition) is 0. The highest BCUT2D eigenvalue weighted by molar-refractivity contribution is 5.42. The Balaban J connectivity index is 3.48. The third-order valence-corrected chi connectivity index (χ3v) is 1.92. The molecule has 0 saturated heterocycles. The molecular weight excluding hydrogens is 306 g/mol. The first-order valence-electron chi connectivity index (χ1n) is 4.65. The summed E-state index contributed by atoms with van der Waals surface area (Å²) >= 11 is 0. The summed E-state index contributed by atoms with van der Waals surface area (Å²) in [4.78, 5) is 2.43. The van der Waals surface area contributed by atoms with Crippen LogP contribution in [0.3, 0.4) is 0 Å². The molecule has 0 unspecified atom stereocenters. The standard InChI is InChI=1S/C9H5F8NO2/c1-19-3-2-4(20-9(15,16)17)18-6(8(12,13)14)5(3)7(10)11/h2,7H,1H3. The van der Waals surface area contributed by atoms with Crippen molar-refractivity contribution >= 4 is 0 Å². The fourth-order valence-corrected chi connectivity index (χ4v) is 1.28. The Labute approximate surface area is 106 Å². The lowest BCUT2D eigenvalue weighted by Crippen LogP contribution is -2.20. The highest BCUT2D eigenvalue weighted by Gasteiger charge is 2.42. The molecule has 0 aromatic carbocycles. The van der Waals surface area contributed by atoms with Gasteiger partial charge in [0.25, 0.3) is 6.43 Å². The lowest BCUT2D eigenvalue weighted by molar-refractivity contribution is -0.276. The number of methoxy groups -OCH3 is 1. The average Bonchev–Trinajstić information content (AvgIpc) is 2.23. The van der Waals surface area contributed by atoms with Crippen molar-refractivity contribution in [1.29, 1.82) is 0 Å². The molecule has 3 nitrogen and oxygen atoms in total. The molecule has 0 amide bonds. The molecule has 0 aliphatic rings. The van der Waals surface area contributed by atoms with Crippen molar-refractivity contribution in [2.24, 2.45) is 0 Å². The zero-order chi connectivity index (χ0) is 15.7. The van der Waals surface area contributed by atoms with Gasteiger partial charge < -0.3 is 9.47 Å². The zero-order valence-corrected chi connectivity index (χ0v) is 9.44. The van der Waals surface area contributed by atoms with Crippen LogP contribution in [0.15, 0.2) is 6.07 Å². The summed E-state index contributed by atoms with van der Waals surface area (Å²) in [6, 6.07) is 0.199. The summed E-state index contributed by atoms with van der Waals surface area (Å²) in [6.45, 7) is 0. The quantitative estimate of drug-likeness (QED) is 0.792. The minimum Gasteiger partial charge on any atom is -0.496 e. The first-order chi connectivity index (χ1) is 8.95. The second-order valence-corrected chi connectivity index (χ2v) is 3.27. The van der Waals surface area contributed by atoms with Crippen molar-refractivity contribution in [3.63, 3.8) is 0 Å². The SMILES string of the molecule is COc1cc(OC(F)(F)F)nc(C(F)(F)F)c1C(F)F. The topological polar surface area (TPSA) is 31.4 Å². The Morgan fingerprint density at radius 2 is 1.65 bits per heavy atom. The zero-order valence-electron chi connectivity index (χ0n) is 9.44. The smallest absolute Gasteiger partial charge is 0.496 e. The molecule has 0 fully saturated rings. The number of alkyl halides is 8. The van der Waals surface area contributed by atoms with Crippen molar-refractivity contribution in [1.82, 2.24) is 4.98 Å². The van der Waals surface area contributed by atoms with Crippen molar-refractivity contribution < 1.29 is 44.6 Å². The van der Waals surface area contributed by atoms with Gasteiger partial charge in [-0.05, 0) is 0 Å². The molecule has 1 rings (SSSR count). The van der Waals surface area contributed by atoms with Gasteiger partial charge in [-0.25, -0.2) is 13.8 Å². The van der Waals surface area contributed by atoms with Gasteiger partial charge in [0.2, 0.25) is 5.88 Å². The van der Waals surface area contributed by atoms with E-state index in [1.54, 1.807) is 0 Å². The van der Waals surface area contributed by atoms with Gasteiger partial charge in [-0.3, -0.25) is 0 Å². The van der Waals surface area contributed by atoms with E-state index < -0.39 is 41.9 Å². The van der Waals surface area contributed by atoms with Gasteiger partial charge in [0.1, 0.15) is 5.75 Å². The number of rotatable bonds is 3. The number of aromatic nitrogens is 1. The summed E-state index contributed by atoms with van der Waals surface area (Å²) in [6.07, 6.45) is -14.4. The maximum absolute atomic E-state index is 12.6. The molecule has 0 atom stereocenters. The van der Waals surface area contributed by atoms with Crippen molar-refractivity contribution in [3.8, 4) is 11.6 Å². The Hall–Kier alpha value is -1.81. The molecule has 20 heavy (non-hydrogen) atoms. The minimum atomic E-state index is -5.40. The molecule has 0 aliphatic heterocycles. The lowest BCUT2D eigenvalue weighted by atomic mass is 10.1. The number of nitrogens with zero attached hydrogens (tertiary/aromatic N) is 1. The number of halogens is 8. The van der Waals surface area contributed by atoms with E-state index in [1.807, 2.05) is 0 Å². The van der Waals surface area contributed by atoms with Crippen LogP contribution in [0.25, 0.3) is 0 Å². The predicted octanol–water partition coefficient (Wildman–Crippen LogP) is 3.95. The van der Waals surface area contributed by atoms with Gasteiger partial charge in [-0.2, -0.15) is 13.2 Å². The minimum absolute atomic E-state index is 0.199. The van der Waals surface area contributed by atoms with Gasteiger partial charge in [0.05, 0.1) is 12.7 Å². The summed E-state index contributed by atoms with van der Waals surface area (Å²) in [5, 5.41) is 0. The Morgan fingerprint density at radius 1 is 1.10 bits per heavy atom. The predicted molar refractivity (Wildman–Crippen MR) is 47.4 cm³/mol. The van der Waals surface area contributed by atoms with E-state index in [1.165, 1.54) is 0 Å². The molecule has 1 aromatic rings. The van der Waals surface area contributed by atoms with Crippen LogP contribution in [0.2, 0.25) is 0 Å². The van der Waals surface area contributed by atoms with E-state index in [-0.39, 0.29) is 6.07 Å². The number of ether oxygens (including phenoxy) is 2. The normalized spacial score (nSPS) is 12.7. The van der Waals surface area contributed by atoms with E-state index in [0.717, 1.165) is 7.11 Å². The maximum Gasteiger partial charge on any atom is 0.574 e. The van der Waals surface area contributed by atoms with E-state index in [9.17, 15) is 35.1 Å². The van der Waals surface area contributed by atoms with Crippen LogP contribution in [0.5, 0.6) is 11.6 Å². The van der Waals surface area contributed by atoms with Crippen LogP contribution >= 0.6 is 0 Å². The molecule has 0 aliphatic carbocycles. The van der Waals surface area contributed by atoms with Gasteiger partial charge in [0, 0.05) is 6.07 Å². The molecular formula is C9H5F8NO2. The first kappa shape index (κ1) is 16.2. The molecule has 11 heteroatoms. The molecule has 0 radical (unpaired) electrons. The summed E-state index contributed by atoms with van der Waals surface area (Å²) in [5.41, 5.74) is -3.86. The van der Waals surface area contributed by atoms with Crippen LogP contribution in [0.1, 0.15) is 17.7 Å². The Bertz CT molecular complexity index is 482. The van der Waals surface area contributed by atoms with Crippen LogP contribution in [0.4, 0.5) is 35.1 Å². The van der Waals surface area contributed by atoms with E-state index in [2.05, 4.69) is 14.5 Å². The fourth-order valence-electron chi connectivity index (χ4n) is 1.28. The molecule has 0 bridgehead atoms. The summed E-state index contributed by atoms with van der Waals surface area (Å²) < 4.78 is 106. The highest BCUT2D eigenvalue weighted by Crippen LogP contribution is 2.42. The van der Waals surface area contributed by atoms with E-state index in [4.69, 9.17) is 0 Å². The lowest BCUT2D eigenvalue weighted by Gasteiger charge is -2.17. The first-order valence-corrected chi connectivity index (χ1v) is 4.65. The molecule has 0 N–H and O–H groups in total. The monoisotopic (exact) mass is 311 g/mol. The number of pyridine rings is 1. The van der Waals surface area contributed by atoms with Crippen LogP contribution in [0, 0.1) is 0 Å².